The molecule has 0 spiro atoms. The lowest BCUT2D eigenvalue weighted by Gasteiger charge is -2.37. The van der Waals surface area contributed by atoms with Crippen LogP contribution in [0.5, 0.6) is 0 Å². The molecule has 0 saturated carbocycles. The van der Waals surface area contributed by atoms with Crippen LogP contribution in [0.3, 0.4) is 0 Å². The quantitative estimate of drug-likeness (QED) is 0.681. The Hall–Kier alpha value is -2.39. The predicted molar refractivity (Wildman–Crippen MR) is 112 cm³/mol. The lowest BCUT2D eigenvalue weighted by Crippen LogP contribution is -2.52. The first-order chi connectivity index (χ1) is 14.2. The zero-order valence-corrected chi connectivity index (χ0v) is 17.4. The molecular weight excluding hydrogens is 439 g/mol. The fourth-order valence-corrected chi connectivity index (χ4v) is 3.96. The van der Waals surface area contributed by atoms with Gasteiger partial charge >= 0.3 is 12.1 Å². The minimum absolute atomic E-state index is 0.0573. The van der Waals surface area contributed by atoms with E-state index in [1.165, 1.54) is 11.8 Å². The van der Waals surface area contributed by atoms with Gasteiger partial charge in [0, 0.05) is 36.1 Å². The molecule has 1 fully saturated rings. The largest absolute Gasteiger partial charge is 0.471 e. The van der Waals surface area contributed by atoms with Crippen LogP contribution in [0.25, 0.3) is 0 Å². The van der Waals surface area contributed by atoms with Gasteiger partial charge in [-0.05, 0) is 30.3 Å². The van der Waals surface area contributed by atoms with Crippen LogP contribution in [-0.2, 0) is 9.59 Å². The van der Waals surface area contributed by atoms with Crippen LogP contribution < -0.4 is 10.2 Å². The highest BCUT2D eigenvalue weighted by molar-refractivity contribution is 8.00. The summed E-state index contributed by atoms with van der Waals surface area (Å²) in [5.41, 5.74) is 1.13. The van der Waals surface area contributed by atoms with E-state index < -0.39 is 12.1 Å². The number of nitrogens with one attached hydrogen (secondary N) is 1. The maximum atomic E-state index is 12.6. The number of hydrogen-bond acceptors (Lipinski definition) is 4. The molecule has 0 aromatic heterocycles. The lowest BCUT2D eigenvalue weighted by molar-refractivity contribution is -0.185. The van der Waals surface area contributed by atoms with Gasteiger partial charge in [0.15, 0.2) is 0 Å². The number of rotatable bonds is 5. The molecule has 160 valence electrons. The third-order valence-electron chi connectivity index (χ3n) is 4.50. The monoisotopic (exact) mass is 457 g/mol. The molecule has 1 aliphatic rings. The fourth-order valence-electron chi connectivity index (χ4n) is 3.07. The maximum Gasteiger partial charge on any atom is 0.471 e. The molecule has 1 saturated heterocycles. The second kappa shape index (κ2) is 9.61. The van der Waals surface area contributed by atoms with Crippen LogP contribution in [-0.4, -0.2) is 54.8 Å². The molecule has 10 heteroatoms. The van der Waals surface area contributed by atoms with Crippen LogP contribution in [0, 0.1) is 0 Å². The summed E-state index contributed by atoms with van der Waals surface area (Å²) in [5.74, 6) is -1.85. The number of amides is 2. The molecule has 0 aliphatic carbocycles. The van der Waals surface area contributed by atoms with Crippen LogP contribution in [0.15, 0.2) is 53.4 Å². The Bertz CT molecular complexity index is 904. The predicted octanol–water partition coefficient (Wildman–Crippen LogP) is 4.28. The smallest absolute Gasteiger partial charge is 0.366 e. The van der Waals surface area contributed by atoms with Crippen molar-refractivity contribution in [3.8, 4) is 0 Å². The zero-order chi connectivity index (χ0) is 21.7. The number of thioether (sulfide) groups is 1. The number of carbonyl (C=O) groups is 2. The van der Waals surface area contributed by atoms with E-state index in [1.807, 2.05) is 35.2 Å². The van der Waals surface area contributed by atoms with E-state index in [9.17, 15) is 22.8 Å². The average Bonchev–Trinajstić information content (AvgIpc) is 2.72. The van der Waals surface area contributed by atoms with E-state index in [4.69, 9.17) is 11.6 Å². The Morgan fingerprint density at radius 1 is 1.03 bits per heavy atom. The van der Waals surface area contributed by atoms with Gasteiger partial charge in [0.1, 0.15) is 0 Å². The van der Waals surface area contributed by atoms with E-state index in [1.54, 1.807) is 18.2 Å². The van der Waals surface area contributed by atoms with Crippen molar-refractivity contribution >= 4 is 46.6 Å². The molecule has 0 radical (unpaired) electrons. The molecule has 0 unspecified atom stereocenters. The molecule has 3 rings (SSSR count). The highest BCUT2D eigenvalue weighted by atomic mass is 35.5. The number of carbonyl (C=O) groups excluding carboxylic acids is 2. The van der Waals surface area contributed by atoms with Crippen molar-refractivity contribution in [3.63, 3.8) is 0 Å². The van der Waals surface area contributed by atoms with E-state index in [-0.39, 0.29) is 37.8 Å². The number of alkyl halides is 3. The Labute approximate surface area is 181 Å². The Balaban J connectivity index is 1.64. The summed E-state index contributed by atoms with van der Waals surface area (Å²) in [4.78, 5) is 27.4. The van der Waals surface area contributed by atoms with Gasteiger partial charge in [0.05, 0.1) is 17.1 Å². The van der Waals surface area contributed by atoms with Crippen molar-refractivity contribution in [2.45, 2.75) is 11.1 Å². The van der Waals surface area contributed by atoms with E-state index in [0.29, 0.717) is 16.4 Å². The van der Waals surface area contributed by atoms with Crippen molar-refractivity contribution in [2.24, 2.45) is 0 Å². The van der Waals surface area contributed by atoms with E-state index in [2.05, 4.69) is 5.32 Å². The van der Waals surface area contributed by atoms with Gasteiger partial charge in [0.2, 0.25) is 5.91 Å². The van der Waals surface area contributed by atoms with Gasteiger partial charge in [-0.25, -0.2) is 0 Å². The molecule has 0 bridgehead atoms. The third-order valence-corrected chi connectivity index (χ3v) is 5.74. The van der Waals surface area contributed by atoms with Crippen molar-refractivity contribution in [1.82, 2.24) is 4.90 Å². The standard InChI is InChI=1S/C20H19ClF3N3O2S/c21-14-6-7-17(26-8-10-27(11-9-26)19(29)20(22,23)24)16(12-14)25-18(28)13-30-15-4-2-1-3-5-15/h1-7,12H,8-11,13H2,(H,25,28). The van der Waals surface area contributed by atoms with Crippen LogP contribution in [0.2, 0.25) is 5.02 Å². The first kappa shape index (κ1) is 22.3. The Morgan fingerprint density at radius 3 is 2.33 bits per heavy atom. The van der Waals surface area contributed by atoms with Crippen LogP contribution in [0.1, 0.15) is 0 Å². The fraction of sp³-hybridized carbons (Fsp3) is 0.300. The van der Waals surface area contributed by atoms with Crippen molar-refractivity contribution in [3.05, 3.63) is 53.6 Å². The topological polar surface area (TPSA) is 52.7 Å². The Morgan fingerprint density at radius 2 is 1.70 bits per heavy atom. The average molecular weight is 458 g/mol. The number of piperazine rings is 1. The molecule has 30 heavy (non-hydrogen) atoms. The summed E-state index contributed by atoms with van der Waals surface area (Å²) >= 11 is 7.46. The molecule has 0 atom stereocenters. The zero-order valence-electron chi connectivity index (χ0n) is 15.8. The van der Waals surface area contributed by atoms with Gasteiger partial charge in [-0.1, -0.05) is 29.8 Å². The second-order valence-electron chi connectivity index (χ2n) is 6.59. The number of benzene rings is 2. The van der Waals surface area contributed by atoms with E-state index in [0.717, 1.165) is 9.80 Å². The summed E-state index contributed by atoms with van der Waals surface area (Å²) < 4.78 is 37.9. The molecule has 1 N–H and O–H groups in total. The van der Waals surface area contributed by atoms with Gasteiger partial charge < -0.3 is 15.1 Å². The minimum atomic E-state index is -4.88. The normalized spacial score (nSPS) is 14.5. The first-order valence-electron chi connectivity index (χ1n) is 9.12. The summed E-state index contributed by atoms with van der Waals surface area (Å²) in [6, 6.07) is 14.5. The summed E-state index contributed by atoms with van der Waals surface area (Å²) in [6.45, 7) is 0.312. The number of hydrogen-bond donors (Lipinski definition) is 1. The second-order valence-corrected chi connectivity index (χ2v) is 8.07. The molecule has 2 aromatic rings. The highest BCUT2D eigenvalue weighted by Gasteiger charge is 2.43. The van der Waals surface area contributed by atoms with Gasteiger partial charge in [-0.2, -0.15) is 13.2 Å². The lowest BCUT2D eigenvalue weighted by atomic mass is 10.2. The molecule has 2 aromatic carbocycles. The minimum Gasteiger partial charge on any atom is -0.366 e. The molecule has 1 aliphatic heterocycles. The van der Waals surface area contributed by atoms with Gasteiger partial charge in [-0.3, -0.25) is 9.59 Å². The van der Waals surface area contributed by atoms with Gasteiger partial charge in [-0.15, -0.1) is 11.8 Å². The summed E-state index contributed by atoms with van der Waals surface area (Å²) in [6.07, 6.45) is -4.88. The molecule has 1 heterocycles. The van der Waals surface area contributed by atoms with Crippen LogP contribution >= 0.6 is 23.4 Å². The number of nitrogens with zero attached hydrogens (tertiary/aromatic N) is 2. The van der Waals surface area contributed by atoms with Crippen LogP contribution in [0.4, 0.5) is 24.5 Å². The third kappa shape index (κ3) is 5.82. The summed E-state index contributed by atoms with van der Waals surface area (Å²) in [7, 11) is 0. The van der Waals surface area contributed by atoms with Crippen molar-refractivity contribution < 1.29 is 22.8 Å². The summed E-state index contributed by atoms with van der Waals surface area (Å²) in [5, 5.41) is 3.26. The number of halogens is 4. The van der Waals surface area contributed by atoms with E-state index >= 15 is 0 Å². The maximum absolute atomic E-state index is 12.6. The number of anilines is 2. The SMILES string of the molecule is O=C(CSc1ccccc1)Nc1cc(Cl)ccc1N1CCN(C(=O)C(F)(F)F)CC1. The molecular formula is C20H19ClF3N3O2S. The molecule has 5 nitrogen and oxygen atoms in total. The first-order valence-corrected chi connectivity index (χ1v) is 10.5. The van der Waals surface area contributed by atoms with Gasteiger partial charge in [0.25, 0.3) is 0 Å². The highest BCUT2D eigenvalue weighted by Crippen LogP contribution is 2.31. The molecule has 2 amide bonds. The van der Waals surface area contributed by atoms with Crippen molar-refractivity contribution in [1.29, 1.82) is 0 Å². The van der Waals surface area contributed by atoms with Crippen molar-refractivity contribution in [2.75, 3.05) is 42.1 Å². The Kier molecular flexibility index (Phi) is 7.14.